The summed E-state index contributed by atoms with van der Waals surface area (Å²) in [6.45, 7) is 3.75. The summed E-state index contributed by atoms with van der Waals surface area (Å²) in [6.07, 6.45) is 1.80. The van der Waals surface area contributed by atoms with Crippen LogP contribution in [-0.2, 0) is 4.74 Å². The van der Waals surface area contributed by atoms with Crippen molar-refractivity contribution in [2.24, 2.45) is 5.73 Å². The maximum Gasteiger partial charge on any atom is 0.188 e. The van der Waals surface area contributed by atoms with Gasteiger partial charge in [-0.2, -0.15) is 0 Å². The molecule has 0 aromatic heterocycles. The van der Waals surface area contributed by atoms with Gasteiger partial charge in [0, 0.05) is 22.6 Å². The third-order valence-corrected chi connectivity index (χ3v) is 2.37. The molecule has 0 saturated carbocycles. The highest BCUT2D eigenvalue weighted by Gasteiger charge is 2.11. The summed E-state index contributed by atoms with van der Waals surface area (Å²) < 4.78 is 6.71. The van der Waals surface area contributed by atoms with Crippen molar-refractivity contribution in [1.82, 2.24) is 0 Å². The molecule has 0 atom stereocenters. The first-order chi connectivity index (χ1) is 4.61. The van der Waals surface area contributed by atoms with Gasteiger partial charge in [0.1, 0.15) is 0 Å². The van der Waals surface area contributed by atoms with Gasteiger partial charge < -0.3 is 10.5 Å². The molecule has 1 aliphatic rings. The lowest BCUT2D eigenvalue weighted by Gasteiger charge is -2.12. The molecule has 10 heavy (non-hydrogen) atoms. The summed E-state index contributed by atoms with van der Waals surface area (Å²) in [4.78, 5) is 0. The monoisotopic (exact) mass is 361 g/mol. The molecular formula is C6H5I2NO. The zero-order valence-electron chi connectivity index (χ0n) is 5.03. The molecule has 0 aliphatic carbocycles. The van der Waals surface area contributed by atoms with Crippen LogP contribution in [0.3, 0.4) is 0 Å². The zero-order chi connectivity index (χ0) is 7.72. The van der Waals surface area contributed by atoms with Gasteiger partial charge >= 0.3 is 0 Å². The van der Waals surface area contributed by atoms with Crippen molar-refractivity contribution in [1.29, 1.82) is 0 Å². The maximum absolute atomic E-state index is 5.58. The highest BCUT2D eigenvalue weighted by atomic mass is 127. The van der Waals surface area contributed by atoms with Gasteiger partial charge in [-0.3, -0.25) is 0 Å². The standard InChI is InChI=1S/C6H5I2NO/c1-3-2-4(7)10-6(8)5(3)9/h2H,1,9H2. The van der Waals surface area contributed by atoms with Crippen LogP contribution >= 0.6 is 45.2 Å². The van der Waals surface area contributed by atoms with Gasteiger partial charge in [0.05, 0.1) is 5.70 Å². The fourth-order valence-corrected chi connectivity index (χ4v) is 2.11. The molecule has 0 radical (unpaired) electrons. The quantitative estimate of drug-likeness (QED) is 0.673. The van der Waals surface area contributed by atoms with E-state index in [0.29, 0.717) is 9.46 Å². The van der Waals surface area contributed by atoms with Crippen molar-refractivity contribution in [3.05, 3.63) is 31.5 Å². The van der Waals surface area contributed by atoms with E-state index in [1.54, 1.807) is 6.08 Å². The van der Waals surface area contributed by atoms with Crippen molar-refractivity contribution in [2.75, 3.05) is 0 Å². The van der Waals surface area contributed by atoms with Crippen LogP contribution in [0.25, 0.3) is 0 Å². The Morgan fingerprint density at radius 1 is 1.50 bits per heavy atom. The summed E-state index contributed by atoms with van der Waals surface area (Å²) >= 11 is 4.12. The predicted molar refractivity (Wildman–Crippen MR) is 57.6 cm³/mol. The molecule has 54 valence electrons. The van der Waals surface area contributed by atoms with E-state index < -0.39 is 0 Å². The molecule has 0 aromatic rings. The maximum atomic E-state index is 5.58. The molecule has 0 amide bonds. The van der Waals surface area contributed by atoms with E-state index in [4.69, 9.17) is 10.5 Å². The van der Waals surface area contributed by atoms with Gasteiger partial charge in [0.25, 0.3) is 0 Å². The van der Waals surface area contributed by atoms with Crippen molar-refractivity contribution in [3.63, 3.8) is 0 Å². The second-order valence-corrected chi connectivity index (χ2v) is 3.81. The predicted octanol–water partition coefficient (Wildman–Crippen LogP) is 2.41. The molecule has 1 rings (SSSR count). The lowest BCUT2D eigenvalue weighted by Crippen LogP contribution is -2.06. The van der Waals surface area contributed by atoms with Crippen LogP contribution in [0.2, 0.25) is 0 Å². The first-order valence-electron chi connectivity index (χ1n) is 2.51. The van der Waals surface area contributed by atoms with Crippen LogP contribution in [0, 0.1) is 0 Å². The van der Waals surface area contributed by atoms with Crippen molar-refractivity contribution in [3.8, 4) is 0 Å². The molecule has 0 saturated heterocycles. The lowest BCUT2D eigenvalue weighted by molar-refractivity contribution is 0.379. The summed E-state index contributed by atoms with van der Waals surface area (Å²) in [5, 5.41) is 0. The topological polar surface area (TPSA) is 35.2 Å². The summed E-state index contributed by atoms with van der Waals surface area (Å²) in [6, 6.07) is 0. The first kappa shape index (κ1) is 8.38. The molecule has 0 aromatic carbocycles. The minimum atomic E-state index is 0.626. The van der Waals surface area contributed by atoms with Crippen molar-refractivity contribution < 1.29 is 4.74 Å². The number of ether oxygens (including phenoxy) is 1. The van der Waals surface area contributed by atoms with Gasteiger partial charge in [-0.25, -0.2) is 0 Å². The highest BCUT2D eigenvalue weighted by Crippen LogP contribution is 2.29. The average molecular weight is 361 g/mol. The number of allylic oxidation sites excluding steroid dienone is 1. The second kappa shape index (κ2) is 3.12. The first-order valence-corrected chi connectivity index (χ1v) is 4.66. The number of hydrogen-bond acceptors (Lipinski definition) is 2. The average Bonchev–Trinajstić information content (AvgIpc) is 1.82. The number of rotatable bonds is 0. The van der Waals surface area contributed by atoms with Gasteiger partial charge in [0.15, 0.2) is 7.53 Å². The molecule has 0 unspecified atom stereocenters. The smallest absolute Gasteiger partial charge is 0.188 e. The largest absolute Gasteiger partial charge is 0.442 e. The Morgan fingerprint density at radius 2 is 2.10 bits per heavy atom. The van der Waals surface area contributed by atoms with Crippen LogP contribution in [0.4, 0.5) is 0 Å². The molecule has 0 bridgehead atoms. The van der Waals surface area contributed by atoms with E-state index in [9.17, 15) is 0 Å². The van der Waals surface area contributed by atoms with Crippen LogP contribution in [-0.4, -0.2) is 0 Å². The second-order valence-electron chi connectivity index (χ2n) is 1.76. The van der Waals surface area contributed by atoms with E-state index in [2.05, 4.69) is 29.2 Å². The van der Waals surface area contributed by atoms with Gasteiger partial charge in [0.2, 0.25) is 0 Å². The van der Waals surface area contributed by atoms with Gasteiger partial charge in [-0.05, 0) is 34.2 Å². The van der Waals surface area contributed by atoms with E-state index >= 15 is 0 Å². The van der Waals surface area contributed by atoms with Crippen molar-refractivity contribution >= 4 is 45.2 Å². The third-order valence-electron chi connectivity index (χ3n) is 1.03. The molecule has 0 fully saturated rings. The van der Waals surface area contributed by atoms with E-state index in [0.717, 1.165) is 9.34 Å². The molecule has 2 nitrogen and oxygen atoms in total. The fourth-order valence-electron chi connectivity index (χ4n) is 0.511. The Hall–Kier alpha value is 0.280. The Labute approximate surface area is 86.5 Å². The minimum Gasteiger partial charge on any atom is -0.442 e. The molecular weight excluding hydrogens is 356 g/mol. The van der Waals surface area contributed by atoms with Crippen LogP contribution in [0.5, 0.6) is 0 Å². The third kappa shape index (κ3) is 1.66. The fraction of sp³-hybridized carbons (Fsp3) is 0. The molecule has 2 N–H and O–H groups in total. The van der Waals surface area contributed by atoms with Crippen LogP contribution < -0.4 is 5.73 Å². The van der Waals surface area contributed by atoms with Crippen LogP contribution in [0.1, 0.15) is 0 Å². The normalized spacial score (nSPS) is 18.6. The Kier molecular flexibility index (Phi) is 2.61. The zero-order valence-corrected chi connectivity index (χ0v) is 9.34. The lowest BCUT2D eigenvalue weighted by atomic mass is 10.2. The molecule has 4 heteroatoms. The van der Waals surface area contributed by atoms with Crippen LogP contribution in [0.15, 0.2) is 31.5 Å². The molecule has 0 spiro atoms. The summed E-state index contributed by atoms with van der Waals surface area (Å²) in [5.41, 5.74) is 7.03. The number of nitrogens with two attached hydrogens (primary N) is 1. The van der Waals surface area contributed by atoms with Crippen molar-refractivity contribution in [2.45, 2.75) is 0 Å². The minimum absolute atomic E-state index is 0.626. The SMILES string of the molecule is C=C1C=C(I)OC(I)=C1N. The van der Waals surface area contributed by atoms with Gasteiger partial charge in [-0.15, -0.1) is 0 Å². The molecule has 1 aliphatic heterocycles. The Bertz CT molecular complexity index is 242. The molecule has 1 heterocycles. The number of halogens is 2. The highest BCUT2D eigenvalue weighted by molar-refractivity contribution is 14.1. The summed E-state index contributed by atoms with van der Waals surface area (Å²) in [5.74, 6) is 0. The Morgan fingerprint density at radius 3 is 2.60 bits per heavy atom. The Balaban J connectivity index is 2.96. The van der Waals surface area contributed by atoms with E-state index in [-0.39, 0.29) is 0 Å². The van der Waals surface area contributed by atoms with E-state index in [1.165, 1.54) is 0 Å². The van der Waals surface area contributed by atoms with Gasteiger partial charge in [-0.1, -0.05) is 6.58 Å². The van der Waals surface area contributed by atoms with E-state index in [1.807, 2.05) is 22.6 Å². The summed E-state index contributed by atoms with van der Waals surface area (Å²) in [7, 11) is 0. The number of hydrogen-bond donors (Lipinski definition) is 1.